The molecule has 1 N–H and O–H groups in total. The summed E-state index contributed by atoms with van der Waals surface area (Å²) < 4.78 is 0. The van der Waals surface area contributed by atoms with E-state index in [-0.39, 0.29) is 17.7 Å². The standard InChI is InChI=1S/C22H32N4O3/c1-4-24(5-2)16-14-23-19(27)11-8-15-25-21(29)17-9-6-7-10-18(17)26-20(28)12-13-22(25,26)3/h6-7,9-10H,4-5,8,11-16H2,1-3H3,(H,23,27). The number of benzene rings is 1. The smallest absolute Gasteiger partial charge is 0.257 e. The van der Waals surface area contributed by atoms with Crippen LogP contribution < -0.4 is 10.2 Å². The molecule has 2 aliphatic heterocycles. The predicted molar refractivity (Wildman–Crippen MR) is 113 cm³/mol. The molecule has 3 amide bonds. The third-order valence-corrected chi connectivity index (χ3v) is 6.18. The molecule has 0 aliphatic carbocycles. The van der Waals surface area contributed by atoms with Gasteiger partial charge in [0.25, 0.3) is 5.91 Å². The summed E-state index contributed by atoms with van der Waals surface area (Å²) in [6.45, 7) is 10.0. The highest BCUT2D eigenvalue weighted by atomic mass is 16.2. The Bertz CT molecular complexity index is 777. The van der Waals surface area contributed by atoms with Crippen molar-refractivity contribution in [1.29, 1.82) is 0 Å². The first kappa shape index (κ1) is 21.3. The number of fused-ring (bicyclic) bond motifs is 3. The Kier molecular flexibility index (Phi) is 6.57. The third kappa shape index (κ3) is 4.15. The van der Waals surface area contributed by atoms with Crippen LogP contribution in [-0.4, -0.2) is 65.9 Å². The Hall–Kier alpha value is -2.41. The first-order valence-corrected chi connectivity index (χ1v) is 10.7. The van der Waals surface area contributed by atoms with Gasteiger partial charge >= 0.3 is 0 Å². The lowest BCUT2D eigenvalue weighted by atomic mass is 9.98. The quantitative estimate of drug-likeness (QED) is 0.690. The zero-order valence-corrected chi connectivity index (χ0v) is 17.7. The summed E-state index contributed by atoms with van der Waals surface area (Å²) in [5.41, 5.74) is 0.610. The second-order valence-corrected chi connectivity index (χ2v) is 7.90. The van der Waals surface area contributed by atoms with Gasteiger partial charge in [0.05, 0.1) is 11.3 Å². The fourth-order valence-corrected chi connectivity index (χ4v) is 4.42. The van der Waals surface area contributed by atoms with Crippen LogP contribution in [0.4, 0.5) is 5.69 Å². The van der Waals surface area contributed by atoms with Crippen molar-refractivity contribution in [3.63, 3.8) is 0 Å². The SMILES string of the molecule is CCN(CC)CCNC(=O)CCCN1C(=O)c2ccccc2N2C(=O)CCC12C. The molecule has 3 rings (SSSR count). The molecule has 0 spiro atoms. The Morgan fingerprint density at radius 3 is 2.66 bits per heavy atom. The van der Waals surface area contributed by atoms with Crippen LogP contribution >= 0.6 is 0 Å². The molecule has 2 aliphatic rings. The van der Waals surface area contributed by atoms with Gasteiger partial charge in [-0.15, -0.1) is 0 Å². The molecule has 29 heavy (non-hydrogen) atoms. The summed E-state index contributed by atoms with van der Waals surface area (Å²) >= 11 is 0. The highest BCUT2D eigenvalue weighted by Crippen LogP contribution is 2.43. The van der Waals surface area contributed by atoms with Gasteiger partial charge < -0.3 is 15.1 Å². The van der Waals surface area contributed by atoms with E-state index in [1.54, 1.807) is 15.9 Å². The van der Waals surface area contributed by atoms with Gasteiger partial charge in [0.15, 0.2) is 0 Å². The molecule has 0 saturated carbocycles. The maximum atomic E-state index is 13.1. The Labute approximate surface area is 173 Å². The van der Waals surface area contributed by atoms with Crippen LogP contribution in [0.3, 0.4) is 0 Å². The number of carbonyl (C=O) groups is 3. The van der Waals surface area contributed by atoms with Crippen molar-refractivity contribution in [3.8, 4) is 0 Å². The summed E-state index contributed by atoms with van der Waals surface area (Å²) in [4.78, 5) is 43.7. The van der Waals surface area contributed by atoms with E-state index in [2.05, 4.69) is 24.1 Å². The number of nitrogens with zero attached hydrogens (tertiary/aromatic N) is 3. The summed E-state index contributed by atoms with van der Waals surface area (Å²) in [6, 6.07) is 7.29. The molecule has 1 unspecified atom stereocenters. The molecule has 0 bridgehead atoms. The van der Waals surface area contributed by atoms with Crippen molar-refractivity contribution in [2.75, 3.05) is 37.6 Å². The summed E-state index contributed by atoms with van der Waals surface area (Å²) in [5.74, 6) is -0.00545. The summed E-state index contributed by atoms with van der Waals surface area (Å²) in [6.07, 6.45) is 1.98. The number of amides is 3. The third-order valence-electron chi connectivity index (χ3n) is 6.18. The van der Waals surface area contributed by atoms with E-state index in [1.165, 1.54) is 0 Å². The van der Waals surface area contributed by atoms with Gasteiger partial charge in [-0.1, -0.05) is 26.0 Å². The minimum atomic E-state index is -0.651. The molecule has 1 saturated heterocycles. The Morgan fingerprint density at radius 1 is 1.21 bits per heavy atom. The number of hydrogen-bond acceptors (Lipinski definition) is 4. The van der Waals surface area contributed by atoms with Crippen LogP contribution in [0.25, 0.3) is 0 Å². The average Bonchev–Trinajstić information content (AvgIpc) is 3.03. The molecule has 1 fully saturated rings. The second-order valence-electron chi connectivity index (χ2n) is 7.90. The van der Waals surface area contributed by atoms with Crippen molar-refractivity contribution >= 4 is 23.4 Å². The zero-order valence-electron chi connectivity index (χ0n) is 17.7. The zero-order chi connectivity index (χ0) is 21.0. The van der Waals surface area contributed by atoms with Crippen molar-refractivity contribution in [2.45, 2.75) is 52.1 Å². The molecule has 1 aromatic rings. The van der Waals surface area contributed by atoms with Crippen LogP contribution in [0.15, 0.2) is 24.3 Å². The molecule has 158 valence electrons. The summed E-state index contributed by atoms with van der Waals surface area (Å²) in [5, 5.41) is 2.96. The van der Waals surface area contributed by atoms with Crippen LogP contribution in [-0.2, 0) is 9.59 Å². The van der Waals surface area contributed by atoms with E-state index in [9.17, 15) is 14.4 Å². The normalized spacial score (nSPS) is 20.8. The molecule has 1 atom stereocenters. The minimum Gasteiger partial charge on any atom is -0.355 e. The number of nitrogens with one attached hydrogen (secondary N) is 1. The molecule has 2 heterocycles. The lowest BCUT2D eigenvalue weighted by molar-refractivity contribution is -0.121. The molecule has 0 radical (unpaired) electrons. The monoisotopic (exact) mass is 400 g/mol. The van der Waals surface area contributed by atoms with E-state index >= 15 is 0 Å². The van der Waals surface area contributed by atoms with Gasteiger partial charge in [-0.2, -0.15) is 0 Å². The highest BCUT2D eigenvalue weighted by molar-refractivity contribution is 6.10. The van der Waals surface area contributed by atoms with E-state index in [0.29, 0.717) is 50.0 Å². The number of anilines is 1. The van der Waals surface area contributed by atoms with Crippen LogP contribution in [0.5, 0.6) is 0 Å². The molecular formula is C22H32N4O3. The van der Waals surface area contributed by atoms with Crippen molar-refractivity contribution in [1.82, 2.24) is 15.1 Å². The Balaban J connectivity index is 1.60. The lowest BCUT2D eigenvalue weighted by Gasteiger charge is -2.48. The van der Waals surface area contributed by atoms with E-state index in [1.807, 2.05) is 25.1 Å². The van der Waals surface area contributed by atoms with Gasteiger partial charge in [-0.05, 0) is 45.0 Å². The largest absolute Gasteiger partial charge is 0.355 e. The predicted octanol–water partition coefficient (Wildman–Crippen LogP) is 2.22. The molecule has 7 nitrogen and oxygen atoms in total. The van der Waals surface area contributed by atoms with E-state index in [4.69, 9.17) is 0 Å². The first-order chi connectivity index (χ1) is 13.9. The van der Waals surface area contributed by atoms with Crippen LogP contribution in [0.1, 0.15) is 56.8 Å². The number of carbonyl (C=O) groups excluding carboxylic acids is 3. The van der Waals surface area contributed by atoms with Crippen molar-refractivity contribution in [2.24, 2.45) is 0 Å². The maximum Gasteiger partial charge on any atom is 0.257 e. The van der Waals surface area contributed by atoms with Gasteiger partial charge in [-0.3, -0.25) is 19.3 Å². The number of rotatable bonds is 9. The minimum absolute atomic E-state index is 0.00604. The molecule has 0 aromatic heterocycles. The maximum absolute atomic E-state index is 13.1. The highest BCUT2D eigenvalue weighted by Gasteiger charge is 2.52. The lowest BCUT2D eigenvalue weighted by Crippen LogP contribution is -2.62. The topological polar surface area (TPSA) is 73.0 Å². The van der Waals surface area contributed by atoms with Gasteiger partial charge in [-0.25, -0.2) is 0 Å². The van der Waals surface area contributed by atoms with Crippen molar-refractivity contribution in [3.05, 3.63) is 29.8 Å². The van der Waals surface area contributed by atoms with E-state index < -0.39 is 5.66 Å². The van der Waals surface area contributed by atoms with Crippen LogP contribution in [0, 0.1) is 0 Å². The van der Waals surface area contributed by atoms with Gasteiger partial charge in [0.1, 0.15) is 5.66 Å². The fraction of sp³-hybridized carbons (Fsp3) is 0.591. The van der Waals surface area contributed by atoms with E-state index in [0.717, 1.165) is 19.6 Å². The first-order valence-electron chi connectivity index (χ1n) is 10.7. The van der Waals surface area contributed by atoms with Crippen molar-refractivity contribution < 1.29 is 14.4 Å². The average molecular weight is 401 g/mol. The fourth-order valence-electron chi connectivity index (χ4n) is 4.42. The number of hydrogen-bond donors (Lipinski definition) is 1. The molecular weight excluding hydrogens is 368 g/mol. The molecule has 7 heteroatoms. The van der Waals surface area contributed by atoms with Gasteiger partial charge in [0, 0.05) is 32.5 Å². The van der Waals surface area contributed by atoms with Crippen LogP contribution in [0.2, 0.25) is 0 Å². The second kappa shape index (κ2) is 8.95. The number of likely N-dealkylation sites (N-methyl/N-ethyl adjacent to an activating group) is 1. The van der Waals surface area contributed by atoms with Gasteiger partial charge in [0.2, 0.25) is 11.8 Å². The number of para-hydroxylation sites is 1. The Morgan fingerprint density at radius 2 is 1.93 bits per heavy atom. The molecule has 1 aromatic carbocycles. The summed E-state index contributed by atoms with van der Waals surface area (Å²) in [7, 11) is 0.